The van der Waals surface area contributed by atoms with Crippen molar-refractivity contribution in [3.8, 4) is 6.07 Å². The van der Waals surface area contributed by atoms with E-state index in [1.165, 1.54) is 11.6 Å². The summed E-state index contributed by atoms with van der Waals surface area (Å²) in [4.78, 5) is 0. The van der Waals surface area contributed by atoms with E-state index in [2.05, 4.69) is 6.07 Å². The molecule has 0 heterocycles. The fraction of sp³-hybridized carbons (Fsp3) is 0.235. The van der Waals surface area contributed by atoms with Gasteiger partial charge in [-0.25, -0.2) is 4.39 Å². The number of fused-ring (bicyclic) bond motifs is 1. The van der Waals surface area contributed by atoms with Crippen molar-refractivity contribution in [2.24, 2.45) is 0 Å². The van der Waals surface area contributed by atoms with Gasteiger partial charge < -0.3 is 0 Å². The highest BCUT2D eigenvalue weighted by molar-refractivity contribution is 6.30. The van der Waals surface area contributed by atoms with Gasteiger partial charge in [-0.2, -0.15) is 5.26 Å². The van der Waals surface area contributed by atoms with E-state index in [0.29, 0.717) is 12.0 Å². The molecule has 0 amide bonds. The third-order valence-electron chi connectivity index (χ3n) is 4.09. The van der Waals surface area contributed by atoms with Crippen LogP contribution in [0.3, 0.4) is 0 Å². The predicted octanol–water partition coefficient (Wildman–Crippen LogP) is 4.43. The van der Waals surface area contributed by atoms with E-state index < -0.39 is 11.2 Å². The lowest BCUT2D eigenvalue weighted by Crippen LogP contribution is -2.24. The molecular weight excluding hydrogens is 273 g/mol. The number of rotatable bonds is 2. The van der Waals surface area contributed by atoms with E-state index in [1.807, 2.05) is 24.3 Å². The van der Waals surface area contributed by atoms with Gasteiger partial charge in [0.05, 0.1) is 16.5 Å². The number of benzene rings is 2. The Hall–Kier alpha value is -1.85. The minimum Gasteiger partial charge on any atom is -0.205 e. The summed E-state index contributed by atoms with van der Waals surface area (Å²) < 4.78 is 14.1. The fourth-order valence-electron chi connectivity index (χ4n) is 3.04. The molecular formula is C17H13ClFN. The molecule has 1 atom stereocenters. The summed E-state index contributed by atoms with van der Waals surface area (Å²) in [5.41, 5.74) is 2.09. The quantitative estimate of drug-likeness (QED) is 0.801. The second-order valence-electron chi connectivity index (χ2n) is 5.24. The summed E-state index contributed by atoms with van der Waals surface area (Å²) in [5, 5.41) is 9.79. The smallest absolute Gasteiger partial charge is 0.145 e. The maximum atomic E-state index is 14.1. The van der Waals surface area contributed by atoms with Crippen LogP contribution < -0.4 is 0 Å². The van der Waals surface area contributed by atoms with Crippen LogP contribution in [-0.4, -0.2) is 0 Å². The van der Waals surface area contributed by atoms with Crippen molar-refractivity contribution in [3.05, 3.63) is 70.0 Å². The Bertz CT molecular complexity index is 704. The van der Waals surface area contributed by atoms with Crippen molar-refractivity contribution in [2.45, 2.75) is 24.7 Å². The van der Waals surface area contributed by atoms with Gasteiger partial charge in [-0.05, 0) is 42.0 Å². The SMILES string of the molecule is N#CC1(Cc2cccc(Cl)c2F)CCc2ccccc21. The molecule has 1 aliphatic carbocycles. The first kappa shape index (κ1) is 13.1. The van der Waals surface area contributed by atoms with E-state index in [0.717, 1.165) is 18.4 Å². The lowest BCUT2D eigenvalue weighted by molar-refractivity contribution is 0.517. The van der Waals surface area contributed by atoms with Crippen LogP contribution in [0.25, 0.3) is 0 Å². The molecule has 0 aromatic heterocycles. The highest BCUT2D eigenvalue weighted by Gasteiger charge is 2.39. The molecule has 0 radical (unpaired) electrons. The average molecular weight is 286 g/mol. The Morgan fingerprint density at radius 3 is 2.80 bits per heavy atom. The van der Waals surface area contributed by atoms with Crippen molar-refractivity contribution in [3.63, 3.8) is 0 Å². The molecule has 3 heteroatoms. The van der Waals surface area contributed by atoms with Gasteiger partial charge in [0.15, 0.2) is 0 Å². The highest BCUT2D eigenvalue weighted by atomic mass is 35.5. The second-order valence-corrected chi connectivity index (χ2v) is 5.65. The normalized spacial score (nSPS) is 20.4. The van der Waals surface area contributed by atoms with Crippen LogP contribution in [0.2, 0.25) is 5.02 Å². The molecule has 1 nitrogen and oxygen atoms in total. The molecule has 0 saturated heterocycles. The molecule has 2 aromatic carbocycles. The van der Waals surface area contributed by atoms with Crippen LogP contribution in [0.15, 0.2) is 42.5 Å². The van der Waals surface area contributed by atoms with Gasteiger partial charge in [0.1, 0.15) is 5.82 Å². The molecule has 2 aromatic rings. The zero-order valence-electron chi connectivity index (χ0n) is 10.9. The van der Waals surface area contributed by atoms with Crippen LogP contribution in [0, 0.1) is 17.1 Å². The van der Waals surface area contributed by atoms with Crippen LogP contribution in [-0.2, 0) is 18.3 Å². The van der Waals surface area contributed by atoms with Crippen molar-refractivity contribution in [1.29, 1.82) is 5.26 Å². The lowest BCUT2D eigenvalue weighted by atomic mass is 9.78. The zero-order chi connectivity index (χ0) is 14.2. The molecule has 0 fully saturated rings. The number of aryl methyl sites for hydroxylation is 1. The summed E-state index contributed by atoms with van der Waals surface area (Å²) in [6.45, 7) is 0. The van der Waals surface area contributed by atoms with E-state index >= 15 is 0 Å². The molecule has 1 unspecified atom stereocenters. The van der Waals surface area contributed by atoms with Gasteiger partial charge in [-0.1, -0.05) is 48.0 Å². The summed E-state index contributed by atoms with van der Waals surface area (Å²) >= 11 is 5.83. The Labute approximate surface area is 122 Å². The van der Waals surface area contributed by atoms with Gasteiger partial charge in [0.25, 0.3) is 0 Å². The summed E-state index contributed by atoms with van der Waals surface area (Å²) in [6, 6.07) is 15.3. The van der Waals surface area contributed by atoms with E-state index in [-0.39, 0.29) is 5.02 Å². The monoisotopic (exact) mass is 285 g/mol. The Morgan fingerprint density at radius 2 is 2.00 bits per heavy atom. The number of nitrogens with zero attached hydrogens (tertiary/aromatic N) is 1. The number of nitriles is 1. The number of hydrogen-bond acceptors (Lipinski definition) is 1. The summed E-state index contributed by atoms with van der Waals surface area (Å²) in [5.74, 6) is -0.409. The lowest BCUT2D eigenvalue weighted by Gasteiger charge is -2.22. The molecule has 0 saturated carbocycles. The van der Waals surface area contributed by atoms with Crippen molar-refractivity contribution >= 4 is 11.6 Å². The second kappa shape index (κ2) is 4.92. The first-order chi connectivity index (χ1) is 9.66. The third-order valence-corrected chi connectivity index (χ3v) is 4.38. The molecule has 20 heavy (non-hydrogen) atoms. The first-order valence-electron chi connectivity index (χ1n) is 6.59. The van der Waals surface area contributed by atoms with Gasteiger partial charge in [0, 0.05) is 0 Å². The molecule has 3 rings (SSSR count). The van der Waals surface area contributed by atoms with Crippen molar-refractivity contribution < 1.29 is 4.39 Å². The number of hydrogen-bond donors (Lipinski definition) is 0. The van der Waals surface area contributed by atoms with Crippen molar-refractivity contribution in [2.75, 3.05) is 0 Å². The fourth-order valence-corrected chi connectivity index (χ4v) is 3.23. The van der Waals surface area contributed by atoms with E-state index in [9.17, 15) is 9.65 Å². The molecule has 0 aliphatic heterocycles. The third kappa shape index (κ3) is 1.99. The topological polar surface area (TPSA) is 23.8 Å². The Kier molecular flexibility index (Phi) is 3.23. The van der Waals surface area contributed by atoms with Crippen LogP contribution in [0.5, 0.6) is 0 Å². The summed E-state index contributed by atoms with van der Waals surface area (Å²) in [6.07, 6.45) is 1.97. The Morgan fingerprint density at radius 1 is 1.20 bits per heavy atom. The number of halogens is 2. The standard InChI is InChI=1S/C17H13ClFN/c18-15-7-3-5-13(16(15)19)10-17(11-20)9-8-12-4-1-2-6-14(12)17/h1-7H,8-10H2. The van der Waals surface area contributed by atoms with Crippen LogP contribution in [0.1, 0.15) is 23.1 Å². The highest BCUT2D eigenvalue weighted by Crippen LogP contribution is 2.41. The minimum atomic E-state index is -0.637. The minimum absolute atomic E-state index is 0.113. The van der Waals surface area contributed by atoms with Gasteiger partial charge in [0.2, 0.25) is 0 Å². The molecule has 0 spiro atoms. The average Bonchev–Trinajstić information content (AvgIpc) is 2.84. The predicted molar refractivity (Wildman–Crippen MR) is 77.2 cm³/mol. The Balaban J connectivity index is 2.05. The maximum Gasteiger partial charge on any atom is 0.145 e. The maximum absolute atomic E-state index is 14.1. The molecule has 0 N–H and O–H groups in total. The van der Waals surface area contributed by atoms with Crippen molar-refractivity contribution in [1.82, 2.24) is 0 Å². The van der Waals surface area contributed by atoms with Gasteiger partial charge in [-0.3, -0.25) is 0 Å². The van der Waals surface area contributed by atoms with Crippen LogP contribution in [0.4, 0.5) is 4.39 Å². The van der Waals surface area contributed by atoms with E-state index in [1.54, 1.807) is 12.1 Å². The largest absolute Gasteiger partial charge is 0.205 e. The van der Waals surface area contributed by atoms with Gasteiger partial charge in [-0.15, -0.1) is 0 Å². The summed E-state index contributed by atoms with van der Waals surface area (Å²) in [7, 11) is 0. The zero-order valence-corrected chi connectivity index (χ0v) is 11.6. The molecule has 100 valence electrons. The van der Waals surface area contributed by atoms with Crippen LogP contribution >= 0.6 is 11.6 Å². The first-order valence-corrected chi connectivity index (χ1v) is 6.97. The van der Waals surface area contributed by atoms with E-state index in [4.69, 9.17) is 11.6 Å². The molecule has 1 aliphatic rings. The molecule has 0 bridgehead atoms. The van der Waals surface area contributed by atoms with Gasteiger partial charge >= 0.3 is 0 Å².